The van der Waals surface area contributed by atoms with Gasteiger partial charge in [-0.1, -0.05) is 29.8 Å². The monoisotopic (exact) mass is 285 g/mol. The summed E-state index contributed by atoms with van der Waals surface area (Å²) >= 11 is 3.47. The number of hydrogen-bond acceptors (Lipinski definition) is 3. The molecule has 2 N–H and O–H groups in total. The van der Waals surface area contributed by atoms with Crippen LogP contribution in [0.1, 0.15) is 30.9 Å². The van der Waals surface area contributed by atoms with Gasteiger partial charge in [-0.05, 0) is 36.1 Å². The van der Waals surface area contributed by atoms with E-state index in [1.165, 1.54) is 0 Å². The SMILES string of the molecule is Cc1cc(OC(=O)CN)c(C(C)C)cc1Br. The summed E-state index contributed by atoms with van der Waals surface area (Å²) in [5, 5.41) is 0. The average molecular weight is 286 g/mol. The van der Waals surface area contributed by atoms with Crippen LogP contribution >= 0.6 is 15.9 Å². The number of esters is 1. The summed E-state index contributed by atoms with van der Waals surface area (Å²) in [4.78, 5) is 11.2. The standard InChI is InChI=1S/C12H16BrNO2/c1-7(2)9-5-10(13)8(3)4-11(9)16-12(15)6-14/h4-5,7H,6,14H2,1-3H3. The molecule has 4 heteroatoms. The first kappa shape index (κ1) is 13.2. The van der Waals surface area contributed by atoms with E-state index in [1.807, 2.05) is 19.1 Å². The molecule has 0 aliphatic rings. The molecule has 0 heterocycles. The van der Waals surface area contributed by atoms with E-state index in [1.54, 1.807) is 0 Å². The van der Waals surface area contributed by atoms with Gasteiger partial charge in [0.15, 0.2) is 0 Å². The number of ether oxygens (including phenoxy) is 1. The Morgan fingerprint density at radius 2 is 2.12 bits per heavy atom. The van der Waals surface area contributed by atoms with Crippen molar-refractivity contribution in [3.8, 4) is 5.75 Å². The van der Waals surface area contributed by atoms with Gasteiger partial charge in [-0.3, -0.25) is 4.79 Å². The number of hydrogen-bond donors (Lipinski definition) is 1. The number of nitrogens with two attached hydrogens (primary N) is 1. The number of halogens is 1. The van der Waals surface area contributed by atoms with E-state index in [9.17, 15) is 4.79 Å². The second-order valence-electron chi connectivity index (χ2n) is 3.97. The number of carbonyl (C=O) groups is 1. The highest BCUT2D eigenvalue weighted by Crippen LogP contribution is 2.32. The lowest BCUT2D eigenvalue weighted by atomic mass is 10.0. The normalized spacial score (nSPS) is 10.6. The lowest BCUT2D eigenvalue weighted by molar-refractivity contribution is -0.132. The quantitative estimate of drug-likeness (QED) is 0.686. The zero-order chi connectivity index (χ0) is 12.3. The Bertz CT molecular complexity index is 402. The highest BCUT2D eigenvalue weighted by molar-refractivity contribution is 9.10. The minimum Gasteiger partial charge on any atom is -0.425 e. The molecule has 0 fully saturated rings. The van der Waals surface area contributed by atoms with Gasteiger partial charge in [-0.15, -0.1) is 0 Å². The van der Waals surface area contributed by atoms with Crippen LogP contribution in [0.2, 0.25) is 0 Å². The Balaban J connectivity index is 3.14. The van der Waals surface area contributed by atoms with E-state index >= 15 is 0 Å². The molecule has 1 aromatic carbocycles. The van der Waals surface area contributed by atoms with Crippen molar-refractivity contribution in [2.24, 2.45) is 5.73 Å². The van der Waals surface area contributed by atoms with E-state index in [0.717, 1.165) is 15.6 Å². The predicted molar refractivity (Wildman–Crippen MR) is 67.7 cm³/mol. The van der Waals surface area contributed by atoms with Gasteiger partial charge in [-0.25, -0.2) is 0 Å². The third kappa shape index (κ3) is 3.06. The molecule has 0 saturated carbocycles. The molecule has 0 spiro atoms. The molecular formula is C12H16BrNO2. The molecule has 88 valence electrons. The van der Waals surface area contributed by atoms with Gasteiger partial charge < -0.3 is 10.5 Å². The maximum atomic E-state index is 11.2. The molecule has 1 rings (SSSR count). The van der Waals surface area contributed by atoms with Crippen LogP contribution in [0.25, 0.3) is 0 Å². The molecule has 3 nitrogen and oxygen atoms in total. The summed E-state index contributed by atoms with van der Waals surface area (Å²) in [7, 11) is 0. The largest absolute Gasteiger partial charge is 0.425 e. The summed E-state index contributed by atoms with van der Waals surface area (Å²) in [6, 6.07) is 3.84. The van der Waals surface area contributed by atoms with Crippen LogP contribution in [0.3, 0.4) is 0 Å². The fourth-order valence-electron chi connectivity index (χ4n) is 1.37. The van der Waals surface area contributed by atoms with E-state index in [4.69, 9.17) is 10.5 Å². The van der Waals surface area contributed by atoms with Crippen LogP contribution in [-0.4, -0.2) is 12.5 Å². The Hall–Kier alpha value is -0.870. The Morgan fingerprint density at radius 3 is 2.62 bits per heavy atom. The first-order valence-corrected chi connectivity index (χ1v) is 5.95. The number of aryl methyl sites for hydroxylation is 1. The maximum absolute atomic E-state index is 11.2. The predicted octanol–water partition coefficient (Wildman–Crippen LogP) is 2.75. The summed E-state index contributed by atoms with van der Waals surface area (Å²) < 4.78 is 6.22. The van der Waals surface area contributed by atoms with Crippen molar-refractivity contribution in [2.45, 2.75) is 26.7 Å². The minimum atomic E-state index is -0.413. The maximum Gasteiger partial charge on any atom is 0.325 e. The molecular weight excluding hydrogens is 270 g/mol. The molecule has 0 saturated heterocycles. The van der Waals surface area contributed by atoms with Gasteiger partial charge in [0, 0.05) is 4.47 Å². The van der Waals surface area contributed by atoms with Crippen LogP contribution in [0.15, 0.2) is 16.6 Å². The minimum absolute atomic E-state index is 0.105. The summed E-state index contributed by atoms with van der Waals surface area (Å²) in [6.07, 6.45) is 0. The van der Waals surface area contributed by atoms with Gasteiger partial charge >= 0.3 is 5.97 Å². The summed E-state index contributed by atoms with van der Waals surface area (Å²) in [5.41, 5.74) is 7.26. The summed E-state index contributed by atoms with van der Waals surface area (Å²) in [5.74, 6) is 0.479. The van der Waals surface area contributed by atoms with Gasteiger partial charge in [0.05, 0.1) is 6.54 Å². The Kier molecular flexibility index (Phi) is 4.50. The molecule has 0 amide bonds. The zero-order valence-electron chi connectivity index (χ0n) is 9.71. The fourth-order valence-corrected chi connectivity index (χ4v) is 1.74. The van der Waals surface area contributed by atoms with Gasteiger partial charge in [0.2, 0.25) is 0 Å². The smallest absolute Gasteiger partial charge is 0.325 e. The van der Waals surface area contributed by atoms with Crippen molar-refractivity contribution in [1.82, 2.24) is 0 Å². The van der Waals surface area contributed by atoms with Crippen molar-refractivity contribution in [3.05, 3.63) is 27.7 Å². The van der Waals surface area contributed by atoms with Gasteiger partial charge in [-0.2, -0.15) is 0 Å². The third-order valence-electron chi connectivity index (χ3n) is 2.30. The second kappa shape index (κ2) is 5.46. The lowest BCUT2D eigenvalue weighted by Gasteiger charge is -2.14. The van der Waals surface area contributed by atoms with Crippen LogP contribution in [0.5, 0.6) is 5.75 Å². The fraction of sp³-hybridized carbons (Fsp3) is 0.417. The van der Waals surface area contributed by atoms with Crippen molar-refractivity contribution >= 4 is 21.9 Å². The molecule has 0 aliphatic carbocycles. The number of benzene rings is 1. The molecule has 16 heavy (non-hydrogen) atoms. The van der Waals surface area contributed by atoms with Crippen molar-refractivity contribution in [3.63, 3.8) is 0 Å². The lowest BCUT2D eigenvalue weighted by Crippen LogP contribution is -2.20. The molecule has 0 aromatic heterocycles. The zero-order valence-corrected chi connectivity index (χ0v) is 11.3. The highest BCUT2D eigenvalue weighted by atomic mass is 79.9. The van der Waals surface area contributed by atoms with E-state index in [0.29, 0.717) is 5.75 Å². The van der Waals surface area contributed by atoms with Crippen molar-refractivity contribution in [2.75, 3.05) is 6.54 Å². The van der Waals surface area contributed by atoms with Crippen molar-refractivity contribution < 1.29 is 9.53 Å². The molecule has 0 atom stereocenters. The molecule has 0 radical (unpaired) electrons. The van der Waals surface area contributed by atoms with Crippen LogP contribution < -0.4 is 10.5 Å². The first-order valence-electron chi connectivity index (χ1n) is 5.16. The van der Waals surface area contributed by atoms with Gasteiger partial charge in [0.25, 0.3) is 0 Å². The third-order valence-corrected chi connectivity index (χ3v) is 3.16. The molecule has 0 aliphatic heterocycles. The van der Waals surface area contributed by atoms with E-state index < -0.39 is 5.97 Å². The van der Waals surface area contributed by atoms with E-state index in [-0.39, 0.29) is 12.5 Å². The topological polar surface area (TPSA) is 52.3 Å². The molecule has 0 bridgehead atoms. The Morgan fingerprint density at radius 1 is 1.50 bits per heavy atom. The van der Waals surface area contributed by atoms with Gasteiger partial charge in [0.1, 0.15) is 5.75 Å². The number of carbonyl (C=O) groups excluding carboxylic acids is 1. The highest BCUT2D eigenvalue weighted by Gasteiger charge is 2.13. The summed E-state index contributed by atoms with van der Waals surface area (Å²) in [6.45, 7) is 5.95. The average Bonchev–Trinajstić information content (AvgIpc) is 2.22. The second-order valence-corrected chi connectivity index (χ2v) is 4.83. The molecule has 1 aromatic rings. The number of rotatable bonds is 3. The van der Waals surface area contributed by atoms with Crippen LogP contribution in [0.4, 0.5) is 0 Å². The first-order chi connectivity index (χ1) is 7.45. The van der Waals surface area contributed by atoms with Crippen LogP contribution in [0, 0.1) is 6.92 Å². The van der Waals surface area contributed by atoms with Crippen LogP contribution in [-0.2, 0) is 4.79 Å². The van der Waals surface area contributed by atoms with E-state index in [2.05, 4.69) is 29.8 Å². The Labute approximate surface area is 104 Å². The molecule has 0 unspecified atom stereocenters. The van der Waals surface area contributed by atoms with Crippen molar-refractivity contribution in [1.29, 1.82) is 0 Å².